The number of carbonyl (C=O) groups excluding carboxylic acids is 3. The van der Waals surface area contributed by atoms with Crippen LogP contribution < -0.4 is 16.0 Å². The predicted molar refractivity (Wildman–Crippen MR) is 109 cm³/mol. The van der Waals surface area contributed by atoms with Crippen LogP contribution in [0.5, 0.6) is 0 Å². The minimum Gasteiger partial charge on any atom is -0.326 e. The van der Waals surface area contributed by atoms with E-state index in [-0.39, 0.29) is 17.9 Å². The summed E-state index contributed by atoms with van der Waals surface area (Å²) in [5.41, 5.74) is 2.85. The van der Waals surface area contributed by atoms with Crippen molar-refractivity contribution in [3.63, 3.8) is 0 Å². The fourth-order valence-electron chi connectivity index (χ4n) is 3.92. The molecule has 2 aliphatic rings. The smallest absolute Gasteiger partial charge is 0.322 e. The monoisotopic (exact) mass is 392 g/mol. The first-order valence-electron chi connectivity index (χ1n) is 9.87. The molecule has 0 spiro atoms. The quantitative estimate of drug-likeness (QED) is 0.656. The molecule has 0 bridgehead atoms. The molecule has 7 heteroatoms. The Morgan fingerprint density at radius 2 is 1.79 bits per heavy atom. The van der Waals surface area contributed by atoms with Crippen molar-refractivity contribution in [1.29, 1.82) is 0 Å². The van der Waals surface area contributed by atoms with E-state index in [1.165, 1.54) is 5.56 Å². The first kappa shape index (κ1) is 19.1. The summed E-state index contributed by atoms with van der Waals surface area (Å²) in [4.78, 5) is 37.9. The Balaban J connectivity index is 1.34. The van der Waals surface area contributed by atoms with Gasteiger partial charge in [-0.15, -0.1) is 0 Å². The lowest BCUT2D eigenvalue weighted by Crippen LogP contribution is -2.39. The third-order valence-corrected chi connectivity index (χ3v) is 5.41. The highest BCUT2D eigenvalue weighted by atomic mass is 16.2. The van der Waals surface area contributed by atoms with Gasteiger partial charge in [0.05, 0.1) is 6.04 Å². The number of nitrogens with one attached hydrogen (secondary N) is 3. The van der Waals surface area contributed by atoms with Gasteiger partial charge in [0, 0.05) is 18.7 Å². The number of hydrogen-bond acceptors (Lipinski definition) is 4. The lowest BCUT2D eigenvalue weighted by Gasteiger charge is -2.23. The summed E-state index contributed by atoms with van der Waals surface area (Å²) in [5.74, 6) is -0.305. The molecule has 2 atom stereocenters. The van der Waals surface area contributed by atoms with Crippen molar-refractivity contribution in [2.75, 3.05) is 11.9 Å². The molecule has 3 N–H and O–H groups in total. The molecule has 4 amide bonds. The molecule has 7 nitrogen and oxygen atoms in total. The number of imide groups is 1. The Hall–Kier alpha value is -3.19. The van der Waals surface area contributed by atoms with E-state index >= 15 is 0 Å². The minimum absolute atomic E-state index is 0.00798. The van der Waals surface area contributed by atoms with Gasteiger partial charge in [-0.2, -0.15) is 0 Å². The van der Waals surface area contributed by atoms with Gasteiger partial charge in [0.2, 0.25) is 5.91 Å². The third-order valence-electron chi connectivity index (χ3n) is 5.41. The molecule has 0 aromatic heterocycles. The lowest BCUT2D eigenvalue weighted by molar-refractivity contribution is -0.121. The molecule has 2 aromatic rings. The molecule has 0 radical (unpaired) electrons. The normalized spacial score (nSPS) is 21.7. The second-order valence-electron chi connectivity index (χ2n) is 7.52. The molecule has 0 saturated carbocycles. The number of urea groups is 1. The highest BCUT2D eigenvalue weighted by molar-refractivity contribution is 6.04. The number of carbonyl (C=O) groups is 3. The van der Waals surface area contributed by atoms with Crippen molar-refractivity contribution in [2.45, 2.75) is 37.9 Å². The van der Waals surface area contributed by atoms with Crippen LogP contribution in [0.4, 0.5) is 10.5 Å². The van der Waals surface area contributed by atoms with Gasteiger partial charge >= 0.3 is 6.03 Å². The molecule has 4 rings (SSSR count). The van der Waals surface area contributed by atoms with Crippen molar-refractivity contribution in [3.05, 3.63) is 65.7 Å². The van der Waals surface area contributed by atoms with E-state index in [4.69, 9.17) is 0 Å². The number of rotatable bonds is 6. The standard InChI is InChI=1S/C22H24N4O3/c27-20-18(24-22(29)25-20)13-15-8-10-17(11-9-15)23-21(28)19-7-4-12-26(19)14-16-5-2-1-3-6-16/h1-3,5-6,8-11,18-19H,4,7,12-14H2,(H,23,28)(H2,24,25,27,29)/t18-,19+/m0/s1. The average Bonchev–Trinajstić information content (AvgIpc) is 3.30. The Kier molecular flexibility index (Phi) is 5.57. The van der Waals surface area contributed by atoms with E-state index in [1.807, 2.05) is 42.5 Å². The average molecular weight is 392 g/mol. The van der Waals surface area contributed by atoms with Crippen LogP contribution in [-0.2, 0) is 22.6 Å². The second-order valence-corrected chi connectivity index (χ2v) is 7.52. The number of benzene rings is 2. The molecule has 29 heavy (non-hydrogen) atoms. The number of likely N-dealkylation sites (tertiary alicyclic amines) is 1. The van der Waals surface area contributed by atoms with E-state index in [2.05, 4.69) is 33.0 Å². The van der Waals surface area contributed by atoms with Gasteiger partial charge in [-0.25, -0.2) is 4.79 Å². The number of hydrogen-bond donors (Lipinski definition) is 3. The van der Waals surface area contributed by atoms with Gasteiger partial charge in [-0.05, 0) is 42.6 Å². The first-order chi connectivity index (χ1) is 14.1. The van der Waals surface area contributed by atoms with E-state index < -0.39 is 12.1 Å². The van der Waals surface area contributed by atoms with Crippen LogP contribution in [0.25, 0.3) is 0 Å². The fraction of sp³-hybridized carbons (Fsp3) is 0.318. The number of nitrogens with zero attached hydrogens (tertiary/aromatic N) is 1. The van der Waals surface area contributed by atoms with Crippen LogP contribution in [-0.4, -0.2) is 41.4 Å². The molecule has 0 aliphatic carbocycles. The molecule has 2 aromatic carbocycles. The Bertz CT molecular complexity index is 898. The van der Waals surface area contributed by atoms with Gasteiger partial charge in [0.25, 0.3) is 5.91 Å². The molecule has 2 aliphatic heterocycles. The summed E-state index contributed by atoms with van der Waals surface area (Å²) in [5, 5.41) is 7.82. The maximum absolute atomic E-state index is 12.8. The van der Waals surface area contributed by atoms with Gasteiger partial charge in [-0.1, -0.05) is 42.5 Å². The lowest BCUT2D eigenvalue weighted by atomic mass is 10.1. The zero-order chi connectivity index (χ0) is 20.2. The maximum atomic E-state index is 12.8. The van der Waals surface area contributed by atoms with Crippen LogP contribution in [0.1, 0.15) is 24.0 Å². The van der Waals surface area contributed by atoms with Crippen LogP contribution in [0, 0.1) is 0 Å². The van der Waals surface area contributed by atoms with Crippen molar-refractivity contribution in [3.8, 4) is 0 Å². The van der Waals surface area contributed by atoms with E-state index in [0.717, 1.165) is 37.2 Å². The van der Waals surface area contributed by atoms with E-state index in [0.29, 0.717) is 6.42 Å². The van der Waals surface area contributed by atoms with Gasteiger partial charge in [-0.3, -0.25) is 19.8 Å². The van der Waals surface area contributed by atoms with E-state index in [9.17, 15) is 14.4 Å². The SMILES string of the molecule is O=C1NC(=O)[C@H](Cc2ccc(NC(=O)[C@H]3CCCN3Cc3ccccc3)cc2)N1. The zero-order valence-electron chi connectivity index (χ0n) is 16.1. The van der Waals surface area contributed by atoms with Gasteiger partial charge in [0.1, 0.15) is 6.04 Å². The molecule has 2 heterocycles. The highest BCUT2D eigenvalue weighted by Crippen LogP contribution is 2.22. The molecule has 150 valence electrons. The second kappa shape index (κ2) is 8.45. The first-order valence-corrected chi connectivity index (χ1v) is 9.87. The fourth-order valence-corrected chi connectivity index (χ4v) is 3.92. The largest absolute Gasteiger partial charge is 0.326 e. The summed E-state index contributed by atoms with van der Waals surface area (Å²) in [6, 6.07) is 16.4. The van der Waals surface area contributed by atoms with Crippen molar-refractivity contribution in [2.24, 2.45) is 0 Å². The van der Waals surface area contributed by atoms with E-state index in [1.54, 1.807) is 0 Å². The van der Waals surface area contributed by atoms with Gasteiger partial charge in [0.15, 0.2) is 0 Å². The Labute approximate surface area is 169 Å². The Morgan fingerprint density at radius 3 is 2.48 bits per heavy atom. The zero-order valence-corrected chi connectivity index (χ0v) is 16.1. The molecule has 0 unspecified atom stereocenters. The van der Waals surface area contributed by atoms with Crippen molar-refractivity contribution >= 4 is 23.5 Å². The van der Waals surface area contributed by atoms with Crippen LogP contribution >= 0.6 is 0 Å². The van der Waals surface area contributed by atoms with Crippen LogP contribution in [0.3, 0.4) is 0 Å². The maximum Gasteiger partial charge on any atom is 0.322 e. The predicted octanol–water partition coefficient (Wildman–Crippen LogP) is 2.04. The van der Waals surface area contributed by atoms with Crippen molar-refractivity contribution < 1.29 is 14.4 Å². The van der Waals surface area contributed by atoms with Gasteiger partial charge < -0.3 is 10.6 Å². The molecular formula is C22H24N4O3. The summed E-state index contributed by atoms with van der Waals surface area (Å²) < 4.78 is 0. The minimum atomic E-state index is -0.548. The number of anilines is 1. The van der Waals surface area contributed by atoms with Crippen molar-refractivity contribution in [1.82, 2.24) is 15.5 Å². The van der Waals surface area contributed by atoms with Crippen LogP contribution in [0.2, 0.25) is 0 Å². The third kappa shape index (κ3) is 4.63. The molecular weight excluding hydrogens is 368 g/mol. The summed E-state index contributed by atoms with van der Waals surface area (Å²) in [6.45, 7) is 1.69. The summed E-state index contributed by atoms with van der Waals surface area (Å²) >= 11 is 0. The summed E-state index contributed by atoms with van der Waals surface area (Å²) in [7, 11) is 0. The highest BCUT2D eigenvalue weighted by Gasteiger charge is 2.31. The molecule has 2 saturated heterocycles. The molecule has 2 fully saturated rings. The topological polar surface area (TPSA) is 90.5 Å². The number of amides is 4. The summed E-state index contributed by atoms with van der Waals surface area (Å²) in [6.07, 6.45) is 2.28. The Morgan fingerprint density at radius 1 is 1.03 bits per heavy atom. The van der Waals surface area contributed by atoms with Crippen LogP contribution in [0.15, 0.2) is 54.6 Å².